The Morgan fingerprint density at radius 2 is 0.841 bits per heavy atom. The fourth-order valence-corrected chi connectivity index (χ4v) is 11.8. The lowest BCUT2D eigenvalue weighted by molar-refractivity contribution is 0.669. The van der Waals surface area contributed by atoms with Gasteiger partial charge >= 0.3 is 0 Å². The molecule has 69 heavy (non-hydrogen) atoms. The molecule has 15 rings (SSSR count). The van der Waals surface area contributed by atoms with Crippen LogP contribution in [0.4, 0.5) is 0 Å². The van der Waals surface area contributed by atoms with Crippen molar-refractivity contribution in [1.29, 1.82) is 0 Å². The second-order valence-corrected chi connectivity index (χ2v) is 18.2. The van der Waals surface area contributed by atoms with Crippen LogP contribution in [0.25, 0.3) is 117 Å². The minimum atomic E-state index is -0.446. The summed E-state index contributed by atoms with van der Waals surface area (Å²) in [5, 5.41) is 4.42. The molecular weight excluding hydrogens is 841 g/mol. The lowest BCUT2D eigenvalue weighted by atomic mass is 9.70. The molecule has 320 valence electrons. The van der Waals surface area contributed by atoms with Crippen LogP contribution >= 0.6 is 0 Å². The van der Waals surface area contributed by atoms with E-state index in [-0.39, 0.29) is 0 Å². The second kappa shape index (κ2) is 14.4. The molecule has 10 aromatic carbocycles. The highest BCUT2D eigenvalue weighted by molar-refractivity contribution is 6.17. The van der Waals surface area contributed by atoms with E-state index in [1.807, 2.05) is 42.5 Å². The summed E-state index contributed by atoms with van der Waals surface area (Å²) in [6.45, 7) is 0. The van der Waals surface area contributed by atoms with Gasteiger partial charge in [-0.05, 0) is 92.0 Å². The Morgan fingerprint density at radius 3 is 1.52 bits per heavy atom. The molecule has 0 bridgehead atoms. The zero-order valence-electron chi connectivity index (χ0n) is 37.1. The van der Waals surface area contributed by atoms with E-state index >= 15 is 0 Å². The monoisotopic (exact) mass is 878 g/mol. The number of furan rings is 1. The molecule has 13 aromatic rings. The maximum atomic E-state index is 6.99. The minimum Gasteiger partial charge on any atom is -0.455 e. The van der Waals surface area contributed by atoms with Gasteiger partial charge in [0, 0.05) is 27.3 Å². The Kier molecular flexibility index (Phi) is 7.93. The predicted octanol–water partition coefficient (Wildman–Crippen LogP) is 15.9. The lowest BCUT2D eigenvalue weighted by Crippen LogP contribution is -2.25. The van der Waals surface area contributed by atoms with Gasteiger partial charge < -0.3 is 8.98 Å². The SMILES string of the molecule is c1ccc(-c2ccc(-c3nc(-c4ccccc4)nc(-c4ccc(-n5c6ccccc6c6cc7c(cc65)-c5ccccc5C75c6ccccc6-c6ccccc65)c5c4oc4ccccc45)n3)cc2)cc1. The normalized spacial score (nSPS) is 13.0. The van der Waals surface area contributed by atoms with Crippen molar-refractivity contribution in [3.05, 3.63) is 253 Å². The maximum Gasteiger partial charge on any atom is 0.167 e. The smallest absolute Gasteiger partial charge is 0.167 e. The van der Waals surface area contributed by atoms with Crippen molar-refractivity contribution in [2.45, 2.75) is 5.41 Å². The molecule has 0 N–H and O–H groups in total. The van der Waals surface area contributed by atoms with Crippen LogP contribution in [0.5, 0.6) is 0 Å². The average molecular weight is 879 g/mol. The van der Waals surface area contributed by atoms with Gasteiger partial charge in [0.25, 0.3) is 0 Å². The van der Waals surface area contributed by atoms with E-state index in [4.69, 9.17) is 19.4 Å². The highest BCUT2D eigenvalue weighted by atomic mass is 16.3. The fraction of sp³-hybridized carbons (Fsp3) is 0.0156. The molecule has 0 radical (unpaired) electrons. The number of hydrogen-bond acceptors (Lipinski definition) is 4. The van der Waals surface area contributed by atoms with Gasteiger partial charge in [-0.25, -0.2) is 15.0 Å². The van der Waals surface area contributed by atoms with E-state index in [0.29, 0.717) is 17.5 Å². The summed E-state index contributed by atoms with van der Waals surface area (Å²) in [7, 11) is 0. The molecule has 2 aliphatic carbocycles. The van der Waals surface area contributed by atoms with Crippen molar-refractivity contribution in [2.75, 3.05) is 0 Å². The van der Waals surface area contributed by atoms with Crippen LogP contribution in [0.1, 0.15) is 22.3 Å². The summed E-state index contributed by atoms with van der Waals surface area (Å²) >= 11 is 0. The standard InChI is InChI=1S/C64H38N4O/c1-3-17-39(18-4-1)40-31-33-42(34-32-40)62-65-61(41-19-5-2-6-20-41)66-63(67-62)48-35-36-56(59-47-25-11-16-30-58(47)69-60(48)59)68-55-29-15-10-24-46(55)50-37-54-49(38-57(50)68)45-23-9-14-28-53(45)64(54)51-26-12-7-21-43(51)44-22-8-13-27-52(44)64/h1-38H. The third-order valence-electron chi connectivity index (χ3n) is 14.7. The molecular formula is C64H38N4O. The third kappa shape index (κ3) is 5.32. The zero-order chi connectivity index (χ0) is 45.2. The lowest BCUT2D eigenvalue weighted by Gasteiger charge is -2.30. The van der Waals surface area contributed by atoms with Crippen LogP contribution in [-0.2, 0) is 5.41 Å². The molecule has 0 atom stereocenters. The molecule has 3 heterocycles. The first-order valence-electron chi connectivity index (χ1n) is 23.5. The Labute approximate surface area is 397 Å². The van der Waals surface area contributed by atoms with Gasteiger partial charge in [-0.3, -0.25) is 0 Å². The topological polar surface area (TPSA) is 56.7 Å². The van der Waals surface area contributed by atoms with Crippen molar-refractivity contribution in [3.8, 4) is 73.2 Å². The summed E-state index contributed by atoms with van der Waals surface area (Å²) < 4.78 is 9.44. The van der Waals surface area contributed by atoms with Crippen LogP contribution in [0.15, 0.2) is 235 Å². The highest BCUT2D eigenvalue weighted by Gasteiger charge is 2.51. The number of fused-ring (bicyclic) bond motifs is 16. The number of hydrogen-bond donors (Lipinski definition) is 0. The first-order chi connectivity index (χ1) is 34.2. The summed E-state index contributed by atoms with van der Waals surface area (Å²) in [5.74, 6) is 1.73. The Hall–Kier alpha value is -9.19. The van der Waals surface area contributed by atoms with Crippen molar-refractivity contribution < 1.29 is 4.42 Å². The number of nitrogens with zero attached hydrogens (tertiary/aromatic N) is 4. The Morgan fingerprint density at radius 1 is 0.333 bits per heavy atom. The molecule has 2 aliphatic rings. The molecule has 0 aliphatic heterocycles. The van der Waals surface area contributed by atoms with E-state index in [9.17, 15) is 0 Å². The van der Waals surface area contributed by atoms with Crippen molar-refractivity contribution in [1.82, 2.24) is 19.5 Å². The average Bonchev–Trinajstić information content (AvgIpc) is 4.15. The van der Waals surface area contributed by atoms with Crippen molar-refractivity contribution in [2.24, 2.45) is 0 Å². The largest absolute Gasteiger partial charge is 0.455 e. The van der Waals surface area contributed by atoms with E-state index in [2.05, 4.69) is 193 Å². The van der Waals surface area contributed by atoms with Gasteiger partial charge in [0.1, 0.15) is 11.2 Å². The predicted molar refractivity (Wildman–Crippen MR) is 279 cm³/mol. The quantitative estimate of drug-likeness (QED) is 0.173. The zero-order valence-corrected chi connectivity index (χ0v) is 37.1. The van der Waals surface area contributed by atoms with Gasteiger partial charge in [0.05, 0.1) is 33.1 Å². The summed E-state index contributed by atoms with van der Waals surface area (Å²) in [5.41, 5.74) is 19.7. The number of rotatable bonds is 5. The molecule has 0 amide bonds. The third-order valence-corrected chi connectivity index (χ3v) is 14.7. The van der Waals surface area contributed by atoms with Crippen LogP contribution in [0.3, 0.4) is 0 Å². The molecule has 0 unspecified atom stereocenters. The molecule has 3 aromatic heterocycles. The highest BCUT2D eigenvalue weighted by Crippen LogP contribution is 2.63. The van der Waals surface area contributed by atoms with Gasteiger partial charge in [0.15, 0.2) is 17.5 Å². The molecule has 0 saturated heterocycles. The van der Waals surface area contributed by atoms with E-state index < -0.39 is 5.41 Å². The molecule has 5 heteroatoms. The van der Waals surface area contributed by atoms with Gasteiger partial charge in [0.2, 0.25) is 0 Å². The molecule has 0 fully saturated rings. The van der Waals surface area contributed by atoms with Gasteiger partial charge in [-0.2, -0.15) is 0 Å². The first-order valence-corrected chi connectivity index (χ1v) is 23.5. The van der Waals surface area contributed by atoms with Gasteiger partial charge in [-0.15, -0.1) is 0 Å². The number of aromatic nitrogens is 4. The Bertz CT molecular complexity index is 4200. The molecule has 0 saturated carbocycles. The van der Waals surface area contributed by atoms with E-state index in [0.717, 1.165) is 66.5 Å². The first kappa shape index (κ1) is 38.0. The van der Waals surface area contributed by atoms with Crippen LogP contribution in [0, 0.1) is 0 Å². The summed E-state index contributed by atoms with van der Waals surface area (Å²) in [6.07, 6.45) is 0. The van der Waals surface area contributed by atoms with Crippen LogP contribution in [-0.4, -0.2) is 19.5 Å². The number of benzene rings is 10. The van der Waals surface area contributed by atoms with E-state index in [1.54, 1.807) is 0 Å². The van der Waals surface area contributed by atoms with Crippen LogP contribution in [0.2, 0.25) is 0 Å². The van der Waals surface area contributed by atoms with E-state index in [1.165, 1.54) is 55.3 Å². The van der Waals surface area contributed by atoms with Crippen molar-refractivity contribution in [3.63, 3.8) is 0 Å². The number of para-hydroxylation sites is 2. The van der Waals surface area contributed by atoms with Crippen molar-refractivity contribution >= 4 is 43.7 Å². The van der Waals surface area contributed by atoms with Gasteiger partial charge in [-0.1, -0.05) is 194 Å². The molecule has 5 nitrogen and oxygen atoms in total. The second-order valence-electron chi connectivity index (χ2n) is 18.2. The maximum absolute atomic E-state index is 6.99. The molecule has 1 spiro atoms. The minimum absolute atomic E-state index is 0.446. The van der Waals surface area contributed by atoms with Crippen LogP contribution < -0.4 is 0 Å². The fourth-order valence-electron chi connectivity index (χ4n) is 11.8. The summed E-state index contributed by atoms with van der Waals surface area (Å²) in [4.78, 5) is 15.6. The summed E-state index contributed by atoms with van der Waals surface area (Å²) in [6, 6.07) is 82.6. The Balaban J connectivity index is 0.979.